The van der Waals surface area contributed by atoms with Crippen molar-refractivity contribution in [2.45, 2.75) is 31.6 Å². The lowest BCUT2D eigenvalue weighted by molar-refractivity contribution is -0.130. The van der Waals surface area contributed by atoms with Crippen LogP contribution in [0.3, 0.4) is 0 Å². The van der Waals surface area contributed by atoms with E-state index in [1.807, 2.05) is 85.0 Å². The van der Waals surface area contributed by atoms with Crippen LogP contribution >= 0.6 is 23.4 Å². The lowest BCUT2D eigenvalue weighted by atomic mass is 10.2. The predicted octanol–water partition coefficient (Wildman–Crippen LogP) is 4.66. The van der Waals surface area contributed by atoms with Crippen molar-refractivity contribution in [2.24, 2.45) is 7.05 Å². The normalized spacial score (nSPS) is 11.0. The Balaban J connectivity index is 1.67. The number of aromatic nitrogens is 3. The van der Waals surface area contributed by atoms with Gasteiger partial charge in [-0.1, -0.05) is 53.7 Å². The molecule has 3 aromatic rings. The molecule has 0 saturated heterocycles. The minimum Gasteiger partial charge on any atom is -0.335 e. The fourth-order valence-electron chi connectivity index (χ4n) is 2.84. The van der Waals surface area contributed by atoms with E-state index in [0.29, 0.717) is 22.5 Å². The third-order valence-electron chi connectivity index (χ3n) is 4.40. The summed E-state index contributed by atoms with van der Waals surface area (Å²) in [7, 11) is 1.90. The number of rotatable bonds is 7. The van der Waals surface area contributed by atoms with Crippen molar-refractivity contribution >= 4 is 29.3 Å². The first-order valence-corrected chi connectivity index (χ1v) is 10.4. The molecule has 146 valence electrons. The highest BCUT2D eigenvalue weighted by Crippen LogP contribution is 2.24. The molecule has 0 aliphatic rings. The van der Waals surface area contributed by atoms with Crippen LogP contribution in [0.2, 0.25) is 5.02 Å². The van der Waals surface area contributed by atoms with Crippen LogP contribution in [0.15, 0.2) is 59.8 Å². The standard InChI is InChI=1S/C21H23ClN4OS/c1-15(2)26(13-16-7-5-4-6-8-16)19(27)14-28-21-24-23-20(25(21)3)17-9-11-18(22)12-10-17/h4-12,15H,13-14H2,1-3H3. The summed E-state index contributed by atoms with van der Waals surface area (Å²) < 4.78 is 1.90. The number of carbonyl (C=O) groups is 1. The minimum absolute atomic E-state index is 0.0832. The van der Waals surface area contributed by atoms with Crippen molar-refractivity contribution < 1.29 is 4.79 Å². The molecule has 0 unspecified atom stereocenters. The molecule has 0 bridgehead atoms. The fraction of sp³-hybridized carbons (Fsp3) is 0.286. The molecule has 28 heavy (non-hydrogen) atoms. The highest BCUT2D eigenvalue weighted by molar-refractivity contribution is 7.99. The monoisotopic (exact) mass is 414 g/mol. The molecule has 2 aromatic carbocycles. The van der Waals surface area contributed by atoms with Gasteiger partial charge in [-0.15, -0.1) is 10.2 Å². The second-order valence-electron chi connectivity index (χ2n) is 6.76. The number of carbonyl (C=O) groups excluding carboxylic acids is 1. The molecule has 1 amide bonds. The second-order valence-corrected chi connectivity index (χ2v) is 8.14. The smallest absolute Gasteiger partial charge is 0.233 e. The highest BCUT2D eigenvalue weighted by Gasteiger charge is 2.19. The summed E-state index contributed by atoms with van der Waals surface area (Å²) in [6.45, 7) is 4.67. The molecule has 0 saturated carbocycles. The zero-order valence-electron chi connectivity index (χ0n) is 16.2. The van der Waals surface area contributed by atoms with Crippen LogP contribution in [0, 0.1) is 0 Å². The van der Waals surface area contributed by atoms with Crippen LogP contribution in [0.4, 0.5) is 0 Å². The summed E-state index contributed by atoms with van der Waals surface area (Å²) in [5.74, 6) is 1.15. The first kappa shape index (κ1) is 20.4. The van der Waals surface area contributed by atoms with E-state index in [1.165, 1.54) is 11.8 Å². The molecule has 1 aromatic heterocycles. The van der Waals surface area contributed by atoms with E-state index in [0.717, 1.165) is 17.0 Å². The lowest BCUT2D eigenvalue weighted by Crippen LogP contribution is -2.37. The number of benzene rings is 2. The Morgan fingerprint density at radius 1 is 1.11 bits per heavy atom. The Morgan fingerprint density at radius 3 is 2.43 bits per heavy atom. The van der Waals surface area contributed by atoms with Gasteiger partial charge in [-0.05, 0) is 43.7 Å². The summed E-state index contributed by atoms with van der Waals surface area (Å²) >= 11 is 7.35. The van der Waals surface area contributed by atoms with Gasteiger partial charge in [0.2, 0.25) is 5.91 Å². The molecular formula is C21H23ClN4OS. The molecule has 3 rings (SSSR count). The molecule has 1 heterocycles. The van der Waals surface area contributed by atoms with Gasteiger partial charge in [-0.2, -0.15) is 0 Å². The number of amides is 1. The van der Waals surface area contributed by atoms with E-state index < -0.39 is 0 Å². The first-order chi connectivity index (χ1) is 13.5. The Bertz CT molecular complexity index is 925. The van der Waals surface area contributed by atoms with E-state index in [-0.39, 0.29) is 11.9 Å². The number of hydrogen-bond donors (Lipinski definition) is 0. The molecule has 0 aliphatic heterocycles. The number of thioether (sulfide) groups is 1. The number of halogens is 1. The van der Waals surface area contributed by atoms with Crippen molar-refractivity contribution in [2.75, 3.05) is 5.75 Å². The maximum atomic E-state index is 12.8. The molecule has 0 radical (unpaired) electrons. The molecular weight excluding hydrogens is 392 g/mol. The number of nitrogens with zero attached hydrogens (tertiary/aromatic N) is 4. The molecule has 0 aliphatic carbocycles. The van der Waals surface area contributed by atoms with Gasteiger partial charge in [0.25, 0.3) is 0 Å². The Morgan fingerprint density at radius 2 is 1.79 bits per heavy atom. The average Bonchev–Trinajstić information content (AvgIpc) is 3.06. The van der Waals surface area contributed by atoms with E-state index in [1.54, 1.807) is 0 Å². The molecule has 0 atom stereocenters. The number of hydrogen-bond acceptors (Lipinski definition) is 4. The summed E-state index contributed by atoms with van der Waals surface area (Å²) in [6.07, 6.45) is 0. The third-order valence-corrected chi connectivity index (χ3v) is 5.66. The van der Waals surface area contributed by atoms with Gasteiger partial charge in [0.1, 0.15) is 0 Å². The second kappa shape index (κ2) is 9.26. The van der Waals surface area contributed by atoms with Crippen molar-refractivity contribution in [3.63, 3.8) is 0 Å². The van der Waals surface area contributed by atoms with Crippen molar-refractivity contribution in [1.29, 1.82) is 0 Å². The predicted molar refractivity (Wildman–Crippen MR) is 114 cm³/mol. The van der Waals surface area contributed by atoms with Gasteiger partial charge in [0.05, 0.1) is 5.75 Å². The van der Waals surface area contributed by atoms with E-state index in [4.69, 9.17) is 11.6 Å². The molecule has 0 fully saturated rings. The zero-order chi connectivity index (χ0) is 20.1. The SMILES string of the molecule is CC(C)N(Cc1ccccc1)C(=O)CSc1nnc(-c2ccc(Cl)cc2)n1C. The van der Waals surface area contributed by atoms with Gasteiger partial charge in [0.15, 0.2) is 11.0 Å². The first-order valence-electron chi connectivity index (χ1n) is 9.07. The van der Waals surface area contributed by atoms with Gasteiger partial charge >= 0.3 is 0 Å². The maximum Gasteiger partial charge on any atom is 0.233 e. The van der Waals surface area contributed by atoms with E-state index >= 15 is 0 Å². The van der Waals surface area contributed by atoms with Gasteiger partial charge in [0, 0.05) is 30.2 Å². The molecule has 7 heteroatoms. The fourth-order valence-corrected chi connectivity index (χ4v) is 3.76. The van der Waals surface area contributed by atoms with Gasteiger partial charge in [-0.3, -0.25) is 4.79 Å². The quantitative estimate of drug-likeness (QED) is 0.527. The topological polar surface area (TPSA) is 51.0 Å². The van der Waals surface area contributed by atoms with Crippen molar-refractivity contribution in [3.8, 4) is 11.4 Å². The van der Waals surface area contributed by atoms with Gasteiger partial charge in [-0.25, -0.2) is 0 Å². The Hall–Kier alpha value is -2.31. The van der Waals surface area contributed by atoms with Crippen molar-refractivity contribution in [1.82, 2.24) is 19.7 Å². The minimum atomic E-state index is 0.0832. The van der Waals surface area contributed by atoms with Crippen molar-refractivity contribution in [3.05, 3.63) is 65.2 Å². The largest absolute Gasteiger partial charge is 0.335 e. The molecule has 5 nitrogen and oxygen atoms in total. The van der Waals surface area contributed by atoms with E-state index in [2.05, 4.69) is 10.2 Å². The van der Waals surface area contributed by atoms with Crippen LogP contribution in [-0.2, 0) is 18.4 Å². The summed E-state index contributed by atoms with van der Waals surface area (Å²) in [4.78, 5) is 14.7. The van der Waals surface area contributed by atoms with Crippen LogP contribution in [0.25, 0.3) is 11.4 Å². The molecule has 0 spiro atoms. The van der Waals surface area contributed by atoms with Crippen LogP contribution in [0.1, 0.15) is 19.4 Å². The van der Waals surface area contributed by atoms with Crippen LogP contribution < -0.4 is 0 Å². The summed E-state index contributed by atoms with van der Waals surface area (Å²) in [5, 5.41) is 9.90. The van der Waals surface area contributed by atoms with E-state index in [9.17, 15) is 4.79 Å². The third kappa shape index (κ3) is 4.94. The summed E-state index contributed by atoms with van der Waals surface area (Å²) in [5.41, 5.74) is 2.06. The average molecular weight is 415 g/mol. The Labute approximate surface area is 174 Å². The van der Waals surface area contributed by atoms with Crippen LogP contribution in [-0.4, -0.2) is 37.4 Å². The summed E-state index contributed by atoms with van der Waals surface area (Å²) in [6, 6.07) is 17.6. The zero-order valence-corrected chi connectivity index (χ0v) is 17.7. The highest BCUT2D eigenvalue weighted by atomic mass is 35.5. The molecule has 0 N–H and O–H groups in total. The lowest BCUT2D eigenvalue weighted by Gasteiger charge is -2.26. The van der Waals surface area contributed by atoms with Gasteiger partial charge < -0.3 is 9.47 Å². The Kier molecular flexibility index (Phi) is 6.75. The maximum absolute atomic E-state index is 12.8. The van der Waals surface area contributed by atoms with Crippen LogP contribution in [0.5, 0.6) is 0 Å².